The quantitative estimate of drug-likeness (QED) is 0.694. The van der Waals surface area contributed by atoms with E-state index in [4.69, 9.17) is 4.74 Å². The monoisotopic (exact) mass is 192 g/mol. The van der Waals surface area contributed by atoms with Gasteiger partial charge < -0.3 is 4.74 Å². The molecule has 0 saturated carbocycles. The smallest absolute Gasteiger partial charge is 0.0719 e. The third-order valence-electron chi connectivity index (χ3n) is 2.21. The maximum absolute atomic E-state index is 5.62. The molecule has 0 spiro atoms. The molecular formula is C13H20O. The second-order valence-corrected chi connectivity index (χ2v) is 4.03. The van der Waals surface area contributed by atoms with E-state index in [0.29, 0.717) is 5.92 Å². The van der Waals surface area contributed by atoms with E-state index < -0.39 is 0 Å². The molecule has 14 heavy (non-hydrogen) atoms. The zero-order valence-electron chi connectivity index (χ0n) is 9.42. The fourth-order valence-electron chi connectivity index (χ4n) is 1.45. The molecule has 78 valence electrons. The molecule has 0 aliphatic rings. The first-order valence-corrected chi connectivity index (χ1v) is 5.38. The van der Waals surface area contributed by atoms with Gasteiger partial charge in [-0.05, 0) is 23.5 Å². The van der Waals surface area contributed by atoms with E-state index in [-0.39, 0.29) is 0 Å². The lowest BCUT2D eigenvalue weighted by Crippen LogP contribution is -2.03. The van der Waals surface area contributed by atoms with Crippen LogP contribution in [0.3, 0.4) is 0 Å². The maximum Gasteiger partial charge on any atom is 0.0719 e. The summed E-state index contributed by atoms with van der Waals surface area (Å²) in [5, 5.41) is 0. The summed E-state index contributed by atoms with van der Waals surface area (Å²) < 4.78 is 5.62. The molecule has 0 heterocycles. The highest BCUT2D eigenvalue weighted by molar-refractivity contribution is 5.26. The first-order chi connectivity index (χ1) is 6.74. The van der Waals surface area contributed by atoms with Gasteiger partial charge in [0.25, 0.3) is 0 Å². The molecule has 1 aromatic rings. The van der Waals surface area contributed by atoms with Crippen LogP contribution in [0.2, 0.25) is 0 Å². The van der Waals surface area contributed by atoms with Crippen molar-refractivity contribution >= 4 is 0 Å². The fraction of sp³-hybridized carbons (Fsp3) is 0.538. The molecular weight excluding hydrogens is 172 g/mol. The van der Waals surface area contributed by atoms with Crippen molar-refractivity contribution in [1.82, 2.24) is 0 Å². The van der Waals surface area contributed by atoms with Crippen molar-refractivity contribution in [2.75, 3.05) is 6.61 Å². The molecule has 0 amide bonds. The summed E-state index contributed by atoms with van der Waals surface area (Å²) in [7, 11) is 0. The van der Waals surface area contributed by atoms with Crippen LogP contribution in [0.25, 0.3) is 0 Å². The van der Waals surface area contributed by atoms with Crippen molar-refractivity contribution in [2.45, 2.75) is 33.8 Å². The van der Waals surface area contributed by atoms with Gasteiger partial charge in [-0.15, -0.1) is 0 Å². The Bertz CT molecular complexity index is 266. The van der Waals surface area contributed by atoms with Crippen LogP contribution in [0.4, 0.5) is 0 Å². The van der Waals surface area contributed by atoms with Crippen LogP contribution in [-0.4, -0.2) is 6.61 Å². The van der Waals surface area contributed by atoms with Gasteiger partial charge in [0.2, 0.25) is 0 Å². The molecule has 1 aromatic carbocycles. The van der Waals surface area contributed by atoms with Crippen LogP contribution in [-0.2, 0) is 17.8 Å². The normalized spacial score (nSPS) is 10.9. The highest BCUT2D eigenvalue weighted by Crippen LogP contribution is 2.11. The first-order valence-electron chi connectivity index (χ1n) is 5.38. The third kappa shape index (κ3) is 3.51. The average Bonchev–Trinajstić information content (AvgIpc) is 2.18. The van der Waals surface area contributed by atoms with Crippen molar-refractivity contribution in [2.24, 2.45) is 5.92 Å². The van der Waals surface area contributed by atoms with Gasteiger partial charge in [-0.25, -0.2) is 0 Å². The number of ether oxygens (including phenoxy) is 1. The van der Waals surface area contributed by atoms with Crippen LogP contribution < -0.4 is 0 Å². The molecule has 0 aromatic heterocycles. The first kappa shape index (κ1) is 11.3. The zero-order chi connectivity index (χ0) is 10.4. The Hall–Kier alpha value is -0.820. The van der Waals surface area contributed by atoms with E-state index in [0.717, 1.165) is 19.6 Å². The maximum atomic E-state index is 5.62. The minimum Gasteiger partial charge on any atom is -0.376 e. The van der Waals surface area contributed by atoms with Crippen LogP contribution in [0, 0.1) is 5.92 Å². The number of benzene rings is 1. The Morgan fingerprint density at radius 2 is 1.79 bits per heavy atom. The molecule has 0 N–H and O–H groups in total. The summed E-state index contributed by atoms with van der Waals surface area (Å²) in [6, 6.07) is 8.49. The fourth-order valence-corrected chi connectivity index (χ4v) is 1.45. The lowest BCUT2D eigenvalue weighted by molar-refractivity contribution is 0.0966. The highest BCUT2D eigenvalue weighted by atomic mass is 16.5. The predicted molar refractivity (Wildman–Crippen MR) is 60.3 cm³/mol. The number of hydrogen-bond acceptors (Lipinski definition) is 1. The highest BCUT2D eigenvalue weighted by Gasteiger charge is 2.00. The Morgan fingerprint density at radius 3 is 2.36 bits per heavy atom. The van der Waals surface area contributed by atoms with Crippen molar-refractivity contribution in [3.05, 3.63) is 35.4 Å². The minimum absolute atomic E-state index is 0.615. The van der Waals surface area contributed by atoms with Gasteiger partial charge >= 0.3 is 0 Å². The van der Waals surface area contributed by atoms with Crippen LogP contribution >= 0.6 is 0 Å². The van der Waals surface area contributed by atoms with E-state index >= 15 is 0 Å². The van der Waals surface area contributed by atoms with Crippen LogP contribution in [0.1, 0.15) is 31.9 Å². The topological polar surface area (TPSA) is 9.23 Å². The number of hydrogen-bond donors (Lipinski definition) is 0. The van der Waals surface area contributed by atoms with E-state index in [9.17, 15) is 0 Å². The van der Waals surface area contributed by atoms with E-state index in [1.807, 2.05) is 0 Å². The van der Waals surface area contributed by atoms with Crippen molar-refractivity contribution in [3.63, 3.8) is 0 Å². The molecule has 1 heteroatoms. The molecule has 1 nitrogen and oxygen atoms in total. The van der Waals surface area contributed by atoms with Gasteiger partial charge in [0.1, 0.15) is 0 Å². The predicted octanol–water partition coefficient (Wildman–Crippen LogP) is 3.42. The lowest BCUT2D eigenvalue weighted by Gasteiger charge is -2.09. The van der Waals surface area contributed by atoms with Gasteiger partial charge in [-0.1, -0.05) is 45.0 Å². The van der Waals surface area contributed by atoms with Crippen molar-refractivity contribution in [3.8, 4) is 0 Å². The molecule has 0 saturated heterocycles. The largest absolute Gasteiger partial charge is 0.376 e. The van der Waals surface area contributed by atoms with Gasteiger partial charge in [0.05, 0.1) is 6.61 Å². The Morgan fingerprint density at radius 1 is 1.14 bits per heavy atom. The summed E-state index contributed by atoms with van der Waals surface area (Å²) in [6.45, 7) is 8.12. The van der Waals surface area contributed by atoms with E-state index in [2.05, 4.69) is 45.0 Å². The zero-order valence-corrected chi connectivity index (χ0v) is 9.42. The summed E-state index contributed by atoms with van der Waals surface area (Å²) in [5.74, 6) is 0.615. The molecule has 0 aliphatic heterocycles. The molecule has 0 radical (unpaired) electrons. The Labute approximate surface area is 87.1 Å². The van der Waals surface area contributed by atoms with E-state index in [1.54, 1.807) is 0 Å². The summed E-state index contributed by atoms with van der Waals surface area (Å²) in [4.78, 5) is 0. The molecule has 0 unspecified atom stereocenters. The third-order valence-corrected chi connectivity index (χ3v) is 2.21. The van der Waals surface area contributed by atoms with Gasteiger partial charge in [-0.2, -0.15) is 0 Å². The molecule has 0 aliphatic carbocycles. The van der Waals surface area contributed by atoms with Gasteiger partial charge in [0, 0.05) is 6.61 Å². The second-order valence-electron chi connectivity index (χ2n) is 4.03. The van der Waals surface area contributed by atoms with Crippen LogP contribution in [0.15, 0.2) is 24.3 Å². The van der Waals surface area contributed by atoms with Gasteiger partial charge in [0.15, 0.2) is 0 Å². The minimum atomic E-state index is 0.615. The SMILES string of the molecule is CCc1ccccc1COCC(C)C. The van der Waals surface area contributed by atoms with Crippen molar-refractivity contribution < 1.29 is 4.74 Å². The van der Waals surface area contributed by atoms with Crippen molar-refractivity contribution in [1.29, 1.82) is 0 Å². The Balaban J connectivity index is 2.49. The van der Waals surface area contributed by atoms with Crippen LogP contribution in [0.5, 0.6) is 0 Å². The Kier molecular flexibility index (Phi) is 4.68. The standard InChI is InChI=1S/C13H20O/c1-4-12-7-5-6-8-13(12)10-14-9-11(2)3/h5-8,11H,4,9-10H2,1-3H3. The number of rotatable bonds is 5. The second kappa shape index (κ2) is 5.82. The molecule has 1 rings (SSSR count). The molecule has 0 bridgehead atoms. The lowest BCUT2D eigenvalue weighted by atomic mass is 10.1. The summed E-state index contributed by atoms with van der Waals surface area (Å²) >= 11 is 0. The summed E-state index contributed by atoms with van der Waals surface area (Å²) in [6.07, 6.45) is 1.08. The molecule has 0 fully saturated rings. The van der Waals surface area contributed by atoms with E-state index in [1.165, 1.54) is 11.1 Å². The molecule has 0 atom stereocenters. The average molecular weight is 192 g/mol. The summed E-state index contributed by atoms with van der Waals surface area (Å²) in [5.41, 5.74) is 2.73. The number of aryl methyl sites for hydroxylation is 1. The van der Waals surface area contributed by atoms with Gasteiger partial charge in [-0.3, -0.25) is 0 Å².